The van der Waals surface area contributed by atoms with Crippen molar-refractivity contribution in [2.24, 2.45) is 0 Å². The van der Waals surface area contributed by atoms with Crippen LogP contribution in [0.15, 0.2) is 29.6 Å². The highest BCUT2D eigenvalue weighted by atomic mass is 32.1. The third-order valence-electron chi connectivity index (χ3n) is 2.95. The van der Waals surface area contributed by atoms with Gasteiger partial charge in [-0.25, -0.2) is 4.98 Å². The summed E-state index contributed by atoms with van der Waals surface area (Å²) >= 11 is 1.44. The first-order valence-electron chi connectivity index (χ1n) is 7.29. The van der Waals surface area contributed by atoms with E-state index in [0.29, 0.717) is 17.2 Å². The Hall–Kier alpha value is -2.08. The SMILES string of the molecule is CC(C)Oc1ccc(C(=O)NCCCc2csc(N)n2)cc1. The number of carbonyl (C=O) groups excluding carboxylic acids is 1. The Kier molecular flexibility index (Phi) is 5.77. The van der Waals surface area contributed by atoms with Gasteiger partial charge in [0.05, 0.1) is 11.8 Å². The maximum Gasteiger partial charge on any atom is 0.251 e. The molecule has 0 bridgehead atoms. The van der Waals surface area contributed by atoms with Gasteiger partial charge in [0.2, 0.25) is 0 Å². The maximum atomic E-state index is 12.0. The molecule has 0 unspecified atom stereocenters. The van der Waals surface area contributed by atoms with E-state index in [0.717, 1.165) is 24.3 Å². The van der Waals surface area contributed by atoms with Crippen LogP contribution in [0.3, 0.4) is 0 Å². The normalized spacial score (nSPS) is 10.7. The molecule has 0 spiro atoms. The Bertz CT molecular complexity index is 608. The molecule has 0 atom stereocenters. The topological polar surface area (TPSA) is 77.2 Å². The third-order valence-corrected chi connectivity index (χ3v) is 3.68. The van der Waals surface area contributed by atoms with E-state index in [1.54, 1.807) is 12.1 Å². The van der Waals surface area contributed by atoms with Crippen LogP contribution in [0, 0.1) is 0 Å². The number of hydrogen-bond acceptors (Lipinski definition) is 5. The summed E-state index contributed by atoms with van der Waals surface area (Å²) in [7, 11) is 0. The van der Waals surface area contributed by atoms with E-state index >= 15 is 0 Å². The molecule has 3 N–H and O–H groups in total. The van der Waals surface area contributed by atoms with Gasteiger partial charge in [0.1, 0.15) is 5.75 Å². The summed E-state index contributed by atoms with van der Waals surface area (Å²) in [4.78, 5) is 16.2. The largest absolute Gasteiger partial charge is 0.491 e. The van der Waals surface area contributed by atoms with E-state index in [-0.39, 0.29) is 12.0 Å². The lowest BCUT2D eigenvalue weighted by Gasteiger charge is -2.10. The zero-order valence-electron chi connectivity index (χ0n) is 12.8. The number of aromatic nitrogens is 1. The molecule has 0 saturated carbocycles. The van der Waals surface area contributed by atoms with E-state index < -0.39 is 0 Å². The third kappa shape index (κ3) is 5.04. The van der Waals surface area contributed by atoms with Gasteiger partial charge in [0.15, 0.2) is 5.13 Å². The minimum absolute atomic E-state index is 0.0751. The Labute approximate surface area is 134 Å². The van der Waals surface area contributed by atoms with Crippen molar-refractivity contribution < 1.29 is 9.53 Å². The van der Waals surface area contributed by atoms with Crippen LogP contribution in [0.1, 0.15) is 36.3 Å². The zero-order valence-corrected chi connectivity index (χ0v) is 13.7. The lowest BCUT2D eigenvalue weighted by molar-refractivity contribution is 0.0953. The van der Waals surface area contributed by atoms with Crippen molar-refractivity contribution >= 4 is 22.4 Å². The molecule has 0 aliphatic heterocycles. The molecule has 22 heavy (non-hydrogen) atoms. The minimum atomic E-state index is -0.0751. The van der Waals surface area contributed by atoms with Crippen LogP contribution in [0.5, 0.6) is 5.75 Å². The summed E-state index contributed by atoms with van der Waals surface area (Å²) in [5.74, 6) is 0.696. The van der Waals surface area contributed by atoms with Gasteiger partial charge < -0.3 is 15.8 Å². The number of nitrogen functional groups attached to an aromatic ring is 1. The second kappa shape index (κ2) is 7.79. The number of aryl methyl sites for hydroxylation is 1. The molecular formula is C16H21N3O2S. The molecule has 1 aromatic heterocycles. The van der Waals surface area contributed by atoms with Crippen LogP contribution >= 0.6 is 11.3 Å². The summed E-state index contributed by atoms with van der Waals surface area (Å²) in [5, 5.41) is 5.44. The molecule has 5 nitrogen and oxygen atoms in total. The van der Waals surface area contributed by atoms with Crippen LogP contribution in [0.2, 0.25) is 0 Å². The van der Waals surface area contributed by atoms with Crippen LogP contribution in [0.25, 0.3) is 0 Å². The van der Waals surface area contributed by atoms with E-state index in [4.69, 9.17) is 10.5 Å². The van der Waals surface area contributed by atoms with Gasteiger partial charge in [-0.05, 0) is 51.0 Å². The number of nitrogens with two attached hydrogens (primary N) is 1. The number of benzene rings is 1. The number of ether oxygens (including phenoxy) is 1. The lowest BCUT2D eigenvalue weighted by atomic mass is 10.2. The second-order valence-corrected chi connectivity index (χ2v) is 6.12. The zero-order chi connectivity index (χ0) is 15.9. The fourth-order valence-corrected chi connectivity index (χ4v) is 2.57. The number of nitrogens with one attached hydrogen (secondary N) is 1. The predicted octanol–water partition coefficient (Wildman–Crippen LogP) is 2.88. The Morgan fingerprint density at radius 2 is 2.09 bits per heavy atom. The smallest absolute Gasteiger partial charge is 0.251 e. The summed E-state index contributed by atoms with van der Waals surface area (Å²) in [6.45, 7) is 4.55. The highest BCUT2D eigenvalue weighted by molar-refractivity contribution is 7.13. The van der Waals surface area contributed by atoms with Crippen LogP contribution in [0.4, 0.5) is 5.13 Å². The molecule has 1 amide bonds. The summed E-state index contributed by atoms with van der Waals surface area (Å²) in [5.41, 5.74) is 7.19. The van der Waals surface area contributed by atoms with Crippen LogP contribution in [-0.2, 0) is 6.42 Å². The molecular weight excluding hydrogens is 298 g/mol. The minimum Gasteiger partial charge on any atom is -0.491 e. The molecule has 1 heterocycles. The molecule has 0 aliphatic rings. The molecule has 0 aliphatic carbocycles. The van der Waals surface area contributed by atoms with Crippen molar-refractivity contribution in [1.29, 1.82) is 0 Å². The molecule has 0 fully saturated rings. The van der Waals surface area contributed by atoms with Crippen LogP contribution < -0.4 is 15.8 Å². The highest BCUT2D eigenvalue weighted by Gasteiger charge is 2.06. The van der Waals surface area contributed by atoms with Gasteiger partial charge in [-0.3, -0.25) is 4.79 Å². The van der Waals surface area contributed by atoms with Crippen molar-refractivity contribution in [2.75, 3.05) is 12.3 Å². The van der Waals surface area contributed by atoms with Crippen molar-refractivity contribution in [2.45, 2.75) is 32.8 Å². The first kappa shape index (κ1) is 16.3. The summed E-state index contributed by atoms with van der Waals surface area (Å²) < 4.78 is 5.55. The molecule has 1 aromatic carbocycles. The number of amides is 1. The molecule has 0 radical (unpaired) electrons. The predicted molar refractivity (Wildman–Crippen MR) is 89.4 cm³/mol. The first-order chi connectivity index (χ1) is 10.5. The fourth-order valence-electron chi connectivity index (χ4n) is 1.97. The average molecular weight is 319 g/mol. The quantitative estimate of drug-likeness (QED) is 0.769. The van der Waals surface area contributed by atoms with E-state index in [2.05, 4.69) is 10.3 Å². The van der Waals surface area contributed by atoms with Gasteiger partial charge in [-0.15, -0.1) is 11.3 Å². The van der Waals surface area contributed by atoms with Crippen molar-refractivity contribution in [3.63, 3.8) is 0 Å². The molecule has 2 rings (SSSR count). The number of anilines is 1. The molecule has 0 saturated heterocycles. The van der Waals surface area contributed by atoms with E-state index in [9.17, 15) is 4.79 Å². The van der Waals surface area contributed by atoms with Crippen molar-refractivity contribution in [3.8, 4) is 5.75 Å². The summed E-state index contributed by atoms with van der Waals surface area (Å²) in [6, 6.07) is 7.17. The van der Waals surface area contributed by atoms with Gasteiger partial charge in [0.25, 0.3) is 5.91 Å². The average Bonchev–Trinajstić information content (AvgIpc) is 2.89. The Morgan fingerprint density at radius 3 is 2.68 bits per heavy atom. The molecule has 2 aromatic rings. The first-order valence-corrected chi connectivity index (χ1v) is 8.17. The van der Waals surface area contributed by atoms with Gasteiger partial charge in [-0.2, -0.15) is 0 Å². The molecule has 6 heteroatoms. The second-order valence-electron chi connectivity index (χ2n) is 5.23. The van der Waals surface area contributed by atoms with E-state index in [1.165, 1.54) is 11.3 Å². The standard InChI is InChI=1S/C16H21N3O2S/c1-11(2)21-14-7-5-12(6-8-14)15(20)18-9-3-4-13-10-22-16(17)19-13/h5-8,10-11H,3-4,9H2,1-2H3,(H2,17,19)(H,18,20). The number of rotatable bonds is 7. The number of carbonyl (C=O) groups is 1. The highest BCUT2D eigenvalue weighted by Crippen LogP contribution is 2.14. The molecule has 118 valence electrons. The maximum absolute atomic E-state index is 12.0. The van der Waals surface area contributed by atoms with E-state index in [1.807, 2.05) is 31.4 Å². The lowest BCUT2D eigenvalue weighted by Crippen LogP contribution is -2.24. The van der Waals surface area contributed by atoms with Crippen molar-refractivity contribution in [3.05, 3.63) is 40.9 Å². The monoisotopic (exact) mass is 319 g/mol. The summed E-state index contributed by atoms with van der Waals surface area (Å²) in [6.07, 6.45) is 1.78. The number of hydrogen-bond donors (Lipinski definition) is 2. The number of thiazole rings is 1. The fraction of sp³-hybridized carbons (Fsp3) is 0.375. The van der Waals surface area contributed by atoms with Gasteiger partial charge >= 0.3 is 0 Å². The Balaban J connectivity index is 1.74. The number of nitrogens with zero attached hydrogens (tertiary/aromatic N) is 1. The van der Waals surface area contributed by atoms with Gasteiger partial charge in [0, 0.05) is 17.5 Å². The van der Waals surface area contributed by atoms with Crippen LogP contribution in [-0.4, -0.2) is 23.5 Å². The van der Waals surface area contributed by atoms with Gasteiger partial charge in [-0.1, -0.05) is 0 Å². The van der Waals surface area contributed by atoms with Crippen molar-refractivity contribution in [1.82, 2.24) is 10.3 Å². The Morgan fingerprint density at radius 1 is 1.36 bits per heavy atom.